The van der Waals surface area contributed by atoms with Crippen molar-refractivity contribution < 1.29 is 8.42 Å². The number of H-pyrrole nitrogens is 1. The van der Waals surface area contributed by atoms with E-state index in [0.29, 0.717) is 23.9 Å². The molecule has 0 unspecified atom stereocenters. The molecule has 1 aromatic heterocycles. The monoisotopic (exact) mass is 288 g/mol. The molecule has 7 heteroatoms. The van der Waals surface area contributed by atoms with Crippen molar-refractivity contribution in [3.05, 3.63) is 11.4 Å². The average molecular weight is 288 g/mol. The van der Waals surface area contributed by atoms with E-state index in [2.05, 4.69) is 28.8 Å². The second-order valence-corrected chi connectivity index (χ2v) is 7.50. The molecule has 4 N–H and O–H groups in total. The Hall–Kier alpha value is -0.920. The summed E-state index contributed by atoms with van der Waals surface area (Å²) in [5.74, 6) is 0.370. The van der Waals surface area contributed by atoms with Crippen LogP contribution in [0.15, 0.2) is 4.90 Å². The van der Waals surface area contributed by atoms with Crippen LogP contribution in [-0.4, -0.2) is 25.2 Å². The molecule has 110 valence electrons. The van der Waals surface area contributed by atoms with Crippen LogP contribution in [0.5, 0.6) is 0 Å². The highest BCUT2D eigenvalue weighted by Gasteiger charge is 2.28. The Kier molecular flexibility index (Phi) is 4.76. The first-order chi connectivity index (χ1) is 8.62. The van der Waals surface area contributed by atoms with Crippen molar-refractivity contribution in [1.29, 1.82) is 0 Å². The predicted octanol–water partition coefficient (Wildman–Crippen LogP) is 1.14. The highest BCUT2D eigenvalue weighted by Crippen LogP contribution is 2.26. The third-order valence-corrected chi connectivity index (χ3v) is 5.31. The topological polar surface area (TPSA) is 101 Å². The van der Waals surface area contributed by atoms with E-state index in [1.807, 2.05) is 13.8 Å². The molecule has 1 rings (SSSR count). The molecule has 0 saturated heterocycles. The van der Waals surface area contributed by atoms with E-state index < -0.39 is 10.0 Å². The summed E-state index contributed by atoms with van der Waals surface area (Å²) in [4.78, 5) is 0.176. The van der Waals surface area contributed by atoms with E-state index in [9.17, 15) is 8.42 Å². The number of aromatic amines is 1. The minimum Gasteiger partial charge on any atom is -0.325 e. The summed E-state index contributed by atoms with van der Waals surface area (Å²) in [7, 11) is -3.58. The molecule has 0 fully saturated rings. The Morgan fingerprint density at radius 2 is 2.00 bits per heavy atom. The Morgan fingerprint density at radius 3 is 2.47 bits per heavy atom. The minimum atomic E-state index is -3.58. The first-order valence-corrected chi connectivity index (χ1v) is 7.83. The molecule has 0 aliphatic carbocycles. The van der Waals surface area contributed by atoms with E-state index in [1.54, 1.807) is 6.92 Å². The van der Waals surface area contributed by atoms with E-state index in [4.69, 9.17) is 5.73 Å². The van der Waals surface area contributed by atoms with E-state index >= 15 is 0 Å². The van der Waals surface area contributed by atoms with Gasteiger partial charge in [0, 0.05) is 13.1 Å². The highest BCUT2D eigenvalue weighted by atomic mass is 32.2. The minimum absolute atomic E-state index is 0.0914. The Bertz CT molecular complexity index is 532. The van der Waals surface area contributed by atoms with Gasteiger partial charge in [-0.1, -0.05) is 27.7 Å². The third-order valence-electron chi connectivity index (χ3n) is 3.70. The van der Waals surface area contributed by atoms with Crippen molar-refractivity contribution in [3.8, 4) is 0 Å². The zero-order chi connectivity index (χ0) is 14.8. The smallest absolute Gasteiger partial charge is 0.244 e. The van der Waals surface area contributed by atoms with Gasteiger partial charge in [0.2, 0.25) is 10.0 Å². The molecule has 0 aliphatic rings. The number of hydrogen-bond donors (Lipinski definition) is 3. The number of rotatable bonds is 6. The Balaban J connectivity index is 2.97. The average Bonchev–Trinajstić information content (AvgIpc) is 2.68. The van der Waals surface area contributed by atoms with Crippen LogP contribution in [0.2, 0.25) is 0 Å². The molecule has 0 saturated carbocycles. The fourth-order valence-corrected chi connectivity index (χ4v) is 3.12. The van der Waals surface area contributed by atoms with Gasteiger partial charge in [-0.2, -0.15) is 5.10 Å². The number of nitrogens with one attached hydrogen (secondary N) is 2. The summed E-state index contributed by atoms with van der Waals surface area (Å²) in [5, 5.41) is 6.58. The SMILES string of the molecule is Cc1[nH]nc(CN)c1S(=O)(=O)NCC(C)(C)C(C)C. The van der Waals surface area contributed by atoms with E-state index in [1.165, 1.54) is 0 Å². The van der Waals surface area contributed by atoms with Crippen molar-refractivity contribution in [2.75, 3.05) is 6.54 Å². The fraction of sp³-hybridized carbons (Fsp3) is 0.750. The van der Waals surface area contributed by atoms with Gasteiger partial charge in [0.15, 0.2) is 0 Å². The standard InChI is InChI=1S/C12H24N4O2S/c1-8(2)12(4,5)7-14-19(17,18)11-9(3)15-16-10(11)6-13/h8,14H,6-7,13H2,1-5H3,(H,15,16). The number of hydrogen-bond acceptors (Lipinski definition) is 4. The fourth-order valence-electron chi connectivity index (χ4n) is 1.52. The third kappa shape index (κ3) is 3.55. The summed E-state index contributed by atoms with van der Waals surface area (Å²) in [5.41, 5.74) is 6.28. The molecule has 19 heavy (non-hydrogen) atoms. The summed E-state index contributed by atoms with van der Waals surface area (Å²) in [6, 6.07) is 0. The quantitative estimate of drug-likeness (QED) is 0.730. The zero-order valence-electron chi connectivity index (χ0n) is 12.2. The van der Waals surface area contributed by atoms with Gasteiger partial charge >= 0.3 is 0 Å². The number of nitrogens with zero attached hydrogens (tertiary/aromatic N) is 1. The van der Waals surface area contributed by atoms with Crippen LogP contribution >= 0.6 is 0 Å². The largest absolute Gasteiger partial charge is 0.325 e. The molecular weight excluding hydrogens is 264 g/mol. The van der Waals surface area contributed by atoms with E-state index in [0.717, 1.165) is 0 Å². The van der Waals surface area contributed by atoms with Gasteiger partial charge in [-0.15, -0.1) is 0 Å². The summed E-state index contributed by atoms with van der Waals surface area (Å²) in [6.07, 6.45) is 0. The maximum Gasteiger partial charge on any atom is 0.244 e. The second kappa shape index (κ2) is 5.60. The van der Waals surface area contributed by atoms with Gasteiger partial charge in [0.25, 0.3) is 0 Å². The molecule has 1 heterocycles. The molecule has 0 aromatic carbocycles. The van der Waals surface area contributed by atoms with Crippen LogP contribution in [-0.2, 0) is 16.6 Å². The molecule has 0 amide bonds. The first kappa shape index (κ1) is 16.1. The van der Waals surface area contributed by atoms with Crippen LogP contribution in [0.4, 0.5) is 0 Å². The molecule has 0 bridgehead atoms. The number of sulfonamides is 1. The second-order valence-electron chi connectivity index (χ2n) is 5.80. The number of nitrogens with two attached hydrogens (primary N) is 1. The van der Waals surface area contributed by atoms with E-state index in [-0.39, 0.29) is 16.9 Å². The first-order valence-electron chi connectivity index (χ1n) is 6.35. The number of aryl methyl sites for hydroxylation is 1. The molecular formula is C12H24N4O2S. The van der Waals surface area contributed by atoms with Crippen LogP contribution in [0.25, 0.3) is 0 Å². The Labute approximate surface area is 115 Å². The summed E-state index contributed by atoms with van der Waals surface area (Å²) >= 11 is 0. The lowest BCUT2D eigenvalue weighted by atomic mass is 9.81. The highest BCUT2D eigenvalue weighted by molar-refractivity contribution is 7.89. The van der Waals surface area contributed by atoms with Gasteiger partial charge in [-0.25, -0.2) is 13.1 Å². The van der Waals surface area contributed by atoms with Crippen LogP contribution in [0.3, 0.4) is 0 Å². The van der Waals surface area contributed by atoms with Crippen molar-refractivity contribution in [1.82, 2.24) is 14.9 Å². The van der Waals surface area contributed by atoms with Crippen molar-refractivity contribution in [2.45, 2.75) is 46.1 Å². The lowest BCUT2D eigenvalue weighted by Gasteiger charge is -2.29. The van der Waals surface area contributed by atoms with Gasteiger partial charge in [0.1, 0.15) is 4.90 Å². The van der Waals surface area contributed by atoms with Crippen molar-refractivity contribution in [2.24, 2.45) is 17.1 Å². The molecule has 0 spiro atoms. The molecule has 1 aromatic rings. The predicted molar refractivity (Wildman–Crippen MR) is 75.0 cm³/mol. The molecule has 6 nitrogen and oxygen atoms in total. The number of aromatic nitrogens is 2. The van der Waals surface area contributed by atoms with Gasteiger partial charge in [-0.3, -0.25) is 5.10 Å². The van der Waals surface area contributed by atoms with Crippen LogP contribution in [0.1, 0.15) is 39.1 Å². The lowest BCUT2D eigenvalue weighted by molar-refractivity contribution is 0.252. The normalized spacial score (nSPS) is 13.2. The van der Waals surface area contributed by atoms with Gasteiger partial charge < -0.3 is 5.73 Å². The maximum atomic E-state index is 12.3. The van der Waals surface area contributed by atoms with Crippen molar-refractivity contribution >= 4 is 10.0 Å². The zero-order valence-corrected chi connectivity index (χ0v) is 13.1. The molecule has 0 radical (unpaired) electrons. The van der Waals surface area contributed by atoms with Crippen LogP contribution in [0, 0.1) is 18.3 Å². The van der Waals surface area contributed by atoms with Gasteiger partial charge in [0.05, 0.1) is 11.4 Å². The molecule has 0 atom stereocenters. The lowest BCUT2D eigenvalue weighted by Crippen LogP contribution is -2.37. The van der Waals surface area contributed by atoms with Crippen LogP contribution < -0.4 is 10.5 Å². The van der Waals surface area contributed by atoms with Gasteiger partial charge in [-0.05, 0) is 18.3 Å². The van der Waals surface area contributed by atoms with Crippen molar-refractivity contribution in [3.63, 3.8) is 0 Å². The Morgan fingerprint density at radius 1 is 1.42 bits per heavy atom. The maximum absolute atomic E-state index is 12.3. The summed E-state index contributed by atoms with van der Waals surface area (Å²) < 4.78 is 27.3. The molecule has 0 aliphatic heterocycles. The summed E-state index contributed by atoms with van der Waals surface area (Å²) in [6.45, 7) is 10.4.